The number of amides is 2. The van der Waals surface area contributed by atoms with Gasteiger partial charge < -0.3 is 20.8 Å². The number of phenolic OH excluding ortho intramolecular Hbond substituents is 2. The molecule has 0 radical (unpaired) electrons. The molecule has 4 N–H and O–H groups in total. The lowest BCUT2D eigenvalue weighted by atomic mass is 10.1. The standard InChI is InChI=1S/C12H14N2O4/c15-9-3-1-2-8(11(9)17)12(18)13-6-7-4-5-10(16)14-7/h1-3,7,15,17H,4-6H2,(H,13,18)(H,14,16). The highest BCUT2D eigenvalue weighted by atomic mass is 16.3. The Hall–Kier alpha value is -2.24. The quantitative estimate of drug-likeness (QED) is 0.572. The molecule has 6 nitrogen and oxygen atoms in total. The van der Waals surface area contributed by atoms with Crippen LogP contribution < -0.4 is 10.6 Å². The van der Waals surface area contributed by atoms with E-state index in [9.17, 15) is 19.8 Å². The molecule has 1 unspecified atom stereocenters. The average molecular weight is 250 g/mol. The fraction of sp³-hybridized carbons (Fsp3) is 0.333. The second kappa shape index (κ2) is 4.95. The second-order valence-corrected chi connectivity index (χ2v) is 4.19. The Morgan fingerprint density at radius 1 is 1.44 bits per heavy atom. The highest BCUT2D eigenvalue weighted by Crippen LogP contribution is 2.27. The molecular weight excluding hydrogens is 236 g/mol. The van der Waals surface area contributed by atoms with Gasteiger partial charge in [-0.2, -0.15) is 0 Å². The van der Waals surface area contributed by atoms with Crippen LogP contribution in [0.15, 0.2) is 18.2 Å². The number of carbonyl (C=O) groups is 2. The molecule has 18 heavy (non-hydrogen) atoms. The number of rotatable bonds is 3. The highest BCUT2D eigenvalue weighted by Gasteiger charge is 2.22. The summed E-state index contributed by atoms with van der Waals surface area (Å²) in [4.78, 5) is 22.7. The maximum absolute atomic E-state index is 11.8. The van der Waals surface area contributed by atoms with Crippen molar-refractivity contribution in [3.05, 3.63) is 23.8 Å². The van der Waals surface area contributed by atoms with E-state index in [1.54, 1.807) is 0 Å². The Kier molecular flexibility index (Phi) is 3.36. The van der Waals surface area contributed by atoms with Gasteiger partial charge in [0.25, 0.3) is 5.91 Å². The molecule has 1 aliphatic rings. The van der Waals surface area contributed by atoms with Crippen LogP contribution in [0.25, 0.3) is 0 Å². The van der Waals surface area contributed by atoms with E-state index in [1.165, 1.54) is 18.2 Å². The first-order chi connectivity index (χ1) is 8.58. The van der Waals surface area contributed by atoms with Crippen molar-refractivity contribution in [1.82, 2.24) is 10.6 Å². The van der Waals surface area contributed by atoms with E-state index >= 15 is 0 Å². The van der Waals surface area contributed by atoms with E-state index in [0.717, 1.165) is 0 Å². The zero-order valence-corrected chi connectivity index (χ0v) is 9.64. The van der Waals surface area contributed by atoms with Gasteiger partial charge in [0.2, 0.25) is 5.91 Å². The predicted octanol–water partition coefficient (Wildman–Crippen LogP) is 0.106. The number of hydrogen-bond acceptors (Lipinski definition) is 4. The summed E-state index contributed by atoms with van der Waals surface area (Å²) in [6.07, 6.45) is 1.16. The van der Waals surface area contributed by atoms with Crippen LogP contribution in [0, 0.1) is 0 Å². The van der Waals surface area contributed by atoms with E-state index in [1.807, 2.05) is 0 Å². The molecule has 2 amide bonds. The van der Waals surface area contributed by atoms with Crippen LogP contribution in [0.1, 0.15) is 23.2 Å². The molecule has 1 saturated heterocycles. The maximum atomic E-state index is 11.8. The predicted molar refractivity (Wildman–Crippen MR) is 63.3 cm³/mol. The van der Waals surface area contributed by atoms with Crippen molar-refractivity contribution in [3.8, 4) is 11.5 Å². The van der Waals surface area contributed by atoms with Crippen LogP contribution in [-0.2, 0) is 4.79 Å². The van der Waals surface area contributed by atoms with Gasteiger partial charge in [0.05, 0.1) is 5.56 Å². The van der Waals surface area contributed by atoms with Crippen LogP contribution in [0.5, 0.6) is 11.5 Å². The van der Waals surface area contributed by atoms with Crippen molar-refractivity contribution < 1.29 is 19.8 Å². The number of para-hydroxylation sites is 1. The molecule has 6 heteroatoms. The summed E-state index contributed by atoms with van der Waals surface area (Å²) in [6, 6.07) is 4.11. The van der Waals surface area contributed by atoms with Gasteiger partial charge in [0, 0.05) is 19.0 Å². The smallest absolute Gasteiger partial charge is 0.255 e. The van der Waals surface area contributed by atoms with Crippen molar-refractivity contribution >= 4 is 11.8 Å². The fourth-order valence-electron chi connectivity index (χ4n) is 1.86. The minimum Gasteiger partial charge on any atom is -0.504 e. The van der Waals surface area contributed by atoms with Gasteiger partial charge in [-0.3, -0.25) is 9.59 Å². The van der Waals surface area contributed by atoms with E-state index in [2.05, 4.69) is 10.6 Å². The van der Waals surface area contributed by atoms with Gasteiger partial charge in [0.15, 0.2) is 11.5 Å². The molecule has 0 aliphatic carbocycles. The lowest BCUT2D eigenvalue weighted by Gasteiger charge is -2.12. The van der Waals surface area contributed by atoms with Crippen LogP contribution in [-0.4, -0.2) is 34.6 Å². The van der Waals surface area contributed by atoms with Crippen molar-refractivity contribution in [2.24, 2.45) is 0 Å². The lowest BCUT2D eigenvalue weighted by molar-refractivity contribution is -0.119. The first-order valence-corrected chi connectivity index (χ1v) is 5.66. The van der Waals surface area contributed by atoms with E-state index in [0.29, 0.717) is 19.4 Å². The third kappa shape index (κ3) is 2.53. The zero-order chi connectivity index (χ0) is 13.1. The SMILES string of the molecule is O=C1CCC(CNC(=O)c2cccc(O)c2O)N1. The summed E-state index contributed by atoms with van der Waals surface area (Å²) in [5, 5.41) is 24.1. The van der Waals surface area contributed by atoms with Crippen LogP contribution in [0.3, 0.4) is 0 Å². The maximum Gasteiger partial charge on any atom is 0.255 e. The lowest BCUT2D eigenvalue weighted by Crippen LogP contribution is -2.38. The number of hydrogen-bond donors (Lipinski definition) is 4. The number of phenols is 2. The van der Waals surface area contributed by atoms with Gasteiger partial charge in [-0.05, 0) is 18.6 Å². The highest BCUT2D eigenvalue weighted by molar-refractivity contribution is 5.97. The Morgan fingerprint density at radius 2 is 2.22 bits per heavy atom. The molecule has 1 fully saturated rings. The first kappa shape index (κ1) is 12.2. The topological polar surface area (TPSA) is 98.7 Å². The molecule has 1 heterocycles. The van der Waals surface area contributed by atoms with Crippen LogP contribution in [0.2, 0.25) is 0 Å². The van der Waals surface area contributed by atoms with Crippen molar-refractivity contribution in [2.75, 3.05) is 6.54 Å². The molecule has 0 saturated carbocycles. The summed E-state index contributed by atoms with van der Waals surface area (Å²) >= 11 is 0. The molecule has 0 aromatic heterocycles. The number of aromatic hydroxyl groups is 2. The molecule has 1 aromatic carbocycles. The van der Waals surface area contributed by atoms with Crippen LogP contribution >= 0.6 is 0 Å². The summed E-state index contributed by atoms with van der Waals surface area (Å²) in [7, 11) is 0. The van der Waals surface area contributed by atoms with Crippen molar-refractivity contribution in [2.45, 2.75) is 18.9 Å². The molecule has 1 aliphatic heterocycles. The van der Waals surface area contributed by atoms with Gasteiger partial charge >= 0.3 is 0 Å². The van der Waals surface area contributed by atoms with Gasteiger partial charge in [-0.25, -0.2) is 0 Å². The van der Waals surface area contributed by atoms with Gasteiger partial charge in [0.1, 0.15) is 0 Å². The Balaban J connectivity index is 1.95. The van der Waals surface area contributed by atoms with Gasteiger partial charge in [-0.1, -0.05) is 6.07 Å². The van der Waals surface area contributed by atoms with Crippen molar-refractivity contribution in [1.29, 1.82) is 0 Å². The molecule has 0 bridgehead atoms. The summed E-state index contributed by atoms with van der Waals surface area (Å²) in [5.41, 5.74) is 0.0133. The average Bonchev–Trinajstić information content (AvgIpc) is 2.76. The normalized spacial score (nSPS) is 18.4. The number of nitrogens with one attached hydrogen (secondary N) is 2. The number of carbonyl (C=O) groups excluding carboxylic acids is 2. The molecule has 1 atom stereocenters. The third-order valence-electron chi connectivity index (χ3n) is 2.85. The second-order valence-electron chi connectivity index (χ2n) is 4.19. The van der Waals surface area contributed by atoms with Crippen molar-refractivity contribution in [3.63, 3.8) is 0 Å². The van der Waals surface area contributed by atoms with Gasteiger partial charge in [-0.15, -0.1) is 0 Å². The minimum atomic E-state index is -0.482. The fourth-order valence-corrected chi connectivity index (χ4v) is 1.86. The summed E-state index contributed by atoms with van der Waals surface area (Å²) in [5.74, 6) is -1.28. The molecule has 0 spiro atoms. The third-order valence-corrected chi connectivity index (χ3v) is 2.85. The first-order valence-electron chi connectivity index (χ1n) is 5.66. The Bertz CT molecular complexity index is 487. The summed E-state index contributed by atoms with van der Waals surface area (Å²) < 4.78 is 0. The van der Waals surface area contributed by atoms with Crippen LogP contribution in [0.4, 0.5) is 0 Å². The Labute approximate surface area is 104 Å². The molecule has 2 rings (SSSR count). The Morgan fingerprint density at radius 3 is 2.89 bits per heavy atom. The minimum absolute atomic E-state index is 0.0133. The molecule has 96 valence electrons. The zero-order valence-electron chi connectivity index (χ0n) is 9.64. The number of benzene rings is 1. The van der Waals surface area contributed by atoms with E-state index < -0.39 is 11.7 Å². The monoisotopic (exact) mass is 250 g/mol. The molecule has 1 aromatic rings. The van der Waals surface area contributed by atoms with E-state index in [-0.39, 0.29) is 23.3 Å². The van der Waals surface area contributed by atoms with E-state index in [4.69, 9.17) is 0 Å². The largest absolute Gasteiger partial charge is 0.504 e. The molecular formula is C12H14N2O4. The summed E-state index contributed by atoms with van der Waals surface area (Å²) in [6.45, 7) is 0.305.